The highest BCUT2D eigenvalue weighted by Crippen LogP contribution is 2.52. The van der Waals surface area contributed by atoms with Crippen LogP contribution < -0.4 is 9.64 Å². The molecule has 9 aromatic rings. The highest BCUT2D eigenvalue weighted by molar-refractivity contribution is 6.12. The summed E-state index contributed by atoms with van der Waals surface area (Å²) >= 11 is 0. The van der Waals surface area contributed by atoms with E-state index in [1.165, 1.54) is 0 Å². The van der Waals surface area contributed by atoms with Crippen LogP contribution >= 0.6 is 0 Å². The number of benzene rings is 7. The van der Waals surface area contributed by atoms with Gasteiger partial charge < -0.3 is 14.2 Å². The van der Waals surface area contributed by atoms with E-state index in [1.54, 1.807) is 0 Å². The van der Waals surface area contributed by atoms with Gasteiger partial charge in [0.15, 0.2) is 29.0 Å². The van der Waals surface area contributed by atoms with Gasteiger partial charge in [0.2, 0.25) is 0 Å². The fraction of sp³-hybridized carbons (Fsp3) is 0. The average Bonchev–Trinajstić information content (AvgIpc) is 3.55. The van der Waals surface area contributed by atoms with Crippen LogP contribution in [0.1, 0.15) is 5.56 Å². The first-order valence-electron chi connectivity index (χ1n) is 17.3. The summed E-state index contributed by atoms with van der Waals surface area (Å²) in [5, 5.41) is 12.8. The minimum atomic E-state index is 0.492. The topological polar surface area (TPSA) is 79.9 Å². The molecule has 0 spiro atoms. The summed E-state index contributed by atoms with van der Waals surface area (Å²) in [6.45, 7) is 0. The molecular formula is C46H28N6O. The maximum Gasteiger partial charge on any atom is 0.164 e. The molecule has 0 radical (unpaired) electrons. The monoisotopic (exact) mass is 680 g/mol. The van der Waals surface area contributed by atoms with E-state index in [0.717, 1.165) is 72.7 Å². The molecule has 2 aromatic heterocycles. The Balaban J connectivity index is 1.17. The molecule has 10 rings (SSSR count). The van der Waals surface area contributed by atoms with E-state index < -0.39 is 0 Å². The number of aromatic nitrogens is 4. The number of para-hydroxylation sites is 4. The molecule has 0 bridgehead atoms. The Bertz CT molecular complexity index is 2820. The Morgan fingerprint density at radius 3 is 1.75 bits per heavy atom. The number of ether oxygens (including phenoxy) is 1. The van der Waals surface area contributed by atoms with E-state index in [1.807, 2.05) is 127 Å². The zero-order valence-electron chi connectivity index (χ0n) is 28.3. The standard InChI is InChI=1S/C46H28N6O/c47-29-33-26-32(46-49-44(30-14-4-1-5-15-30)48-45(50-46)31-16-6-2-7-17-31)24-25-37(33)52-38-21-11-10-20-35(38)36-27-43-41(28-40(36)52)51(34-18-8-3-9-19-34)39-22-12-13-23-42(39)53-43/h1-28H. The molecule has 7 aromatic carbocycles. The second-order valence-electron chi connectivity index (χ2n) is 12.8. The number of hydrogen-bond donors (Lipinski definition) is 0. The summed E-state index contributed by atoms with van der Waals surface area (Å²) in [5.74, 6) is 3.17. The van der Waals surface area contributed by atoms with Crippen molar-refractivity contribution in [3.8, 4) is 57.4 Å². The molecule has 3 heterocycles. The first kappa shape index (κ1) is 30.3. The summed E-state index contributed by atoms with van der Waals surface area (Å²) in [6, 6.07) is 59.1. The summed E-state index contributed by atoms with van der Waals surface area (Å²) in [5.41, 5.74) is 8.57. The number of hydrogen-bond acceptors (Lipinski definition) is 6. The van der Waals surface area contributed by atoms with Gasteiger partial charge in [-0.15, -0.1) is 0 Å². The second kappa shape index (κ2) is 12.3. The minimum absolute atomic E-state index is 0.492. The van der Waals surface area contributed by atoms with Gasteiger partial charge in [-0.2, -0.15) is 5.26 Å². The van der Waals surface area contributed by atoms with Gasteiger partial charge in [0.25, 0.3) is 0 Å². The van der Waals surface area contributed by atoms with Crippen LogP contribution in [0.4, 0.5) is 17.1 Å². The van der Waals surface area contributed by atoms with Crippen LogP contribution in [-0.2, 0) is 0 Å². The van der Waals surface area contributed by atoms with E-state index in [2.05, 4.69) is 58.0 Å². The fourth-order valence-electron chi connectivity index (χ4n) is 7.23. The predicted octanol–water partition coefficient (Wildman–Crippen LogP) is 11.4. The van der Waals surface area contributed by atoms with Crippen LogP contribution in [0.3, 0.4) is 0 Å². The van der Waals surface area contributed by atoms with Crippen molar-refractivity contribution >= 4 is 38.9 Å². The van der Waals surface area contributed by atoms with E-state index in [4.69, 9.17) is 19.7 Å². The highest BCUT2D eigenvalue weighted by atomic mass is 16.5. The van der Waals surface area contributed by atoms with Crippen molar-refractivity contribution in [3.63, 3.8) is 0 Å². The highest BCUT2D eigenvalue weighted by Gasteiger charge is 2.28. The van der Waals surface area contributed by atoms with E-state index in [0.29, 0.717) is 23.0 Å². The van der Waals surface area contributed by atoms with Crippen molar-refractivity contribution in [1.29, 1.82) is 5.26 Å². The zero-order valence-corrected chi connectivity index (χ0v) is 28.3. The Morgan fingerprint density at radius 2 is 1.06 bits per heavy atom. The third-order valence-electron chi connectivity index (χ3n) is 9.65. The van der Waals surface area contributed by atoms with Crippen molar-refractivity contribution in [2.45, 2.75) is 0 Å². The molecule has 0 N–H and O–H groups in total. The molecule has 0 saturated heterocycles. The second-order valence-corrected chi connectivity index (χ2v) is 12.8. The van der Waals surface area contributed by atoms with Crippen molar-refractivity contribution in [1.82, 2.24) is 19.5 Å². The first-order valence-corrected chi connectivity index (χ1v) is 17.3. The molecule has 0 unspecified atom stereocenters. The third kappa shape index (κ3) is 5.09. The summed E-state index contributed by atoms with van der Waals surface area (Å²) in [7, 11) is 0. The molecule has 0 amide bonds. The molecule has 0 saturated carbocycles. The maximum absolute atomic E-state index is 10.7. The molecule has 0 atom stereocenters. The maximum atomic E-state index is 10.7. The van der Waals surface area contributed by atoms with Gasteiger partial charge in [-0.3, -0.25) is 0 Å². The van der Waals surface area contributed by atoms with Crippen LogP contribution in [0.2, 0.25) is 0 Å². The normalized spacial score (nSPS) is 11.9. The third-order valence-corrected chi connectivity index (χ3v) is 9.65. The summed E-state index contributed by atoms with van der Waals surface area (Å²) in [4.78, 5) is 16.9. The smallest absolute Gasteiger partial charge is 0.164 e. The van der Waals surface area contributed by atoms with Gasteiger partial charge in [0, 0.05) is 33.2 Å². The van der Waals surface area contributed by atoms with Crippen molar-refractivity contribution < 1.29 is 4.74 Å². The molecule has 1 aliphatic rings. The largest absolute Gasteiger partial charge is 0.453 e. The van der Waals surface area contributed by atoms with Crippen LogP contribution in [0.15, 0.2) is 170 Å². The lowest BCUT2D eigenvalue weighted by Gasteiger charge is -2.33. The van der Waals surface area contributed by atoms with Gasteiger partial charge >= 0.3 is 0 Å². The van der Waals surface area contributed by atoms with E-state index in [-0.39, 0.29) is 0 Å². The molecule has 1 aliphatic heterocycles. The Labute approximate surface area is 305 Å². The lowest BCUT2D eigenvalue weighted by Crippen LogP contribution is -2.15. The first-order chi connectivity index (χ1) is 26.2. The number of anilines is 3. The van der Waals surface area contributed by atoms with E-state index >= 15 is 0 Å². The number of fused-ring (bicyclic) bond motifs is 5. The predicted molar refractivity (Wildman–Crippen MR) is 210 cm³/mol. The molecule has 0 fully saturated rings. The Hall–Kier alpha value is -7.56. The lowest BCUT2D eigenvalue weighted by molar-refractivity contribution is 0.478. The Morgan fingerprint density at radius 1 is 0.453 bits per heavy atom. The zero-order chi connectivity index (χ0) is 35.3. The quantitative estimate of drug-likeness (QED) is 0.180. The SMILES string of the molecule is N#Cc1cc(-c2nc(-c3ccccc3)nc(-c3ccccc3)n2)ccc1-n1c2ccccc2c2cc3c(cc21)N(c1ccccc1)c1ccccc1O3. The van der Waals surface area contributed by atoms with Crippen LogP contribution in [-0.4, -0.2) is 19.5 Å². The molecule has 7 nitrogen and oxygen atoms in total. The lowest BCUT2D eigenvalue weighted by atomic mass is 10.1. The number of rotatable bonds is 5. The molecule has 248 valence electrons. The van der Waals surface area contributed by atoms with Crippen molar-refractivity contribution in [3.05, 3.63) is 175 Å². The number of nitrogens with zero attached hydrogens (tertiary/aromatic N) is 6. The van der Waals surface area contributed by atoms with E-state index in [9.17, 15) is 5.26 Å². The van der Waals surface area contributed by atoms with Crippen molar-refractivity contribution in [2.75, 3.05) is 4.90 Å². The summed E-state index contributed by atoms with van der Waals surface area (Å²) in [6.07, 6.45) is 0. The summed E-state index contributed by atoms with van der Waals surface area (Å²) < 4.78 is 8.75. The van der Waals surface area contributed by atoms with Gasteiger partial charge in [0.1, 0.15) is 6.07 Å². The van der Waals surface area contributed by atoms with Gasteiger partial charge in [-0.05, 0) is 60.7 Å². The van der Waals surface area contributed by atoms with Crippen molar-refractivity contribution in [2.24, 2.45) is 0 Å². The molecule has 7 heteroatoms. The van der Waals surface area contributed by atoms with Gasteiger partial charge in [-0.1, -0.05) is 109 Å². The van der Waals surface area contributed by atoms with Crippen LogP contribution in [0.5, 0.6) is 11.5 Å². The van der Waals surface area contributed by atoms with Crippen LogP contribution in [0, 0.1) is 11.3 Å². The van der Waals surface area contributed by atoms with Gasteiger partial charge in [0.05, 0.1) is 33.7 Å². The van der Waals surface area contributed by atoms with Gasteiger partial charge in [-0.25, -0.2) is 15.0 Å². The molecule has 53 heavy (non-hydrogen) atoms. The minimum Gasteiger partial charge on any atom is -0.453 e. The average molecular weight is 681 g/mol. The Kier molecular flexibility index (Phi) is 7.05. The van der Waals surface area contributed by atoms with Crippen LogP contribution in [0.25, 0.3) is 61.7 Å². The molecular weight excluding hydrogens is 653 g/mol. The molecule has 0 aliphatic carbocycles. The number of nitriles is 1. The fourth-order valence-corrected chi connectivity index (χ4v) is 7.23.